The second kappa shape index (κ2) is 8.53. The van der Waals surface area contributed by atoms with Crippen LogP contribution in [0, 0.1) is 17.5 Å². The fraction of sp³-hybridized carbons (Fsp3) is 0.154. The Kier molecular flexibility index (Phi) is 5.83. The van der Waals surface area contributed by atoms with Crippen molar-refractivity contribution >= 4 is 22.4 Å². The van der Waals surface area contributed by atoms with Gasteiger partial charge < -0.3 is 0 Å². The summed E-state index contributed by atoms with van der Waals surface area (Å²) in [6, 6.07) is 19.3. The summed E-state index contributed by atoms with van der Waals surface area (Å²) in [5.41, 5.74) is 3.59. The Morgan fingerprint density at radius 1 is 0.733 bits per heavy atom. The van der Waals surface area contributed by atoms with Crippen LogP contribution in [0.5, 0.6) is 0 Å². The molecule has 152 valence electrons. The standard InChI is InChI=1S/C26H20ClF3/c1-2-3-4-16-5-7-17(8-6-16)18-9-11-21-19(13-18)10-12-22(26(21)30)20-14-23(28)25(27)24(29)15-20/h5-15H,2-4H2,1H3. The third-order valence-corrected chi connectivity index (χ3v) is 5.72. The van der Waals surface area contributed by atoms with E-state index >= 15 is 4.39 Å². The van der Waals surface area contributed by atoms with Crippen molar-refractivity contribution in [3.63, 3.8) is 0 Å². The van der Waals surface area contributed by atoms with Gasteiger partial charge in [-0.2, -0.15) is 0 Å². The van der Waals surface area contributed by atoms with Crippen molar-refractivity contribution in [2.24, 2.45) is 0 Å². The lowest BCUT2D eigenvalue weighted by Crippen LogP contribution is -1.91. The van der Waals surface area contributed by atoms with Crippen LogP contribution in [0.15, 0.2) is 66.7 Å². The van der Waals surface area contributed by atoms with Crippen LogP contribution in [0.4, 0.5) is 13.2 Å². The van der Waals surface area contributed by atoms with Crippen LogP contribution < -0.4 is 0 Å². The first kappa shape index (κ1) is 20.5. The highest BCUT2D eigenvalue weighted by Gasteiger charge is 2.15. The molecule has 0 heterocycles. The zero-order valence-corrected chi connectivity index (χ0v) is 17.2. The summed E-state index contributed by atoms with van der Waals surface area (Å²) in [5, 5.41) is 0.524. The van der Waals surface area contributed by atoms with Gasteiger partial charge in [-0.1, -0.05) is 73.5 Å². The molecule has 0 aliphatic heterocycles. The Bertz CT molecular complexity index is 1190. The van der Waals surface area contributed by atoms with E-state index in [0.29, 0.717) is 5.39 Å². The average Bonchev–Trinajstić information content (AvgIpc) is 2.76. The molecule has 0 bridgehead atoms. The molecule has 4 aromatic carbocycles. The Labute approximate surface area is 178 Å². The van der Waals surface area contributed by atoms with Crippen molar-refractivity contribution in [2.75, 3.05) is 0 Å². The molecule has 0 unspecified atom stereocenters. The van der Waals surface area contributed by atoms with E-state index in [-0.39, 0.29) is 11.1 Å². The van der Waals surface area contributed by atoms with Gasteiger partial charge in [0.2, 0.25) is 0 Å². The number of benzene rings is 4. The average molecular weight is 425 g/mol. The van der Waals surface area contributed by atoms with Gasteiger partial charge in [-0.15, -0.1) is 0 Å². The maximum atomic E-state index is 15.1. The van der Waals surface area contributed by atoms with Crippen LogP contribution >= 0.6 is 11.6 Å². The highest BCUT2D eigenvalue weighted by molar-refractivity contribution is 6.31. The van der Waals surface area contributed by atoms with Crippen LogP contribution in [0.3, 0.4) is 0 Å². The molecule has 0 amide bonds. The molecule has 0 nitrogen and oxygen atoms in total. The third kappa shape index (κ3) is 3.95. The molecule has 4 heteroatoms. The summed E-state index contributed by atoms with van der Waals surface area (Å²) < 4.78 is 42.8. The zero-order chi connectivity index (χ0) is 21.3. The molecular weight excluding hydrogens is 405 g/mol. The molecule has 0 fully saturated rings. The molecule has 0 aliphatic rings. The largest absolute Gasteiger partial charge is 0.206 e. The van der Waals surface area contributed by atoms with Gasteiger partial charge in [0.15, 0.2) is 0 Å². The number of halogens is 4. The second-order valence-electron chi connectivity index (χ2n) is 7.42. The van der Waals surface area contributed by atoms with E-state index in [9.17, 15) is 8.78 Å². The van der Waals surface area contributed by atoms with E-state index in [1.165, 1.54) is 18.1 Å². The van der Waals surface area contributed by atoms with Crippen molar-refractivity contribution in [3.8, 4) is 22.3 Å². The maximum absolute atomic E-state index is 15.1. The number of rotatable bonds is 5. The van der Waals surface area contributed by atoms with E-state index in [0.717, 1.165) is 41.5 Å². The predicted octanol–water partition coefficient (Wildman–Crippen LogP) is 8.59. The van der Waals surface area contributed by atoms with Gasteiger partial charge in [-0.25, -0.2) is 13.2 Å². The molecule has 0 aromatic heterocycles. The zero-order valence-electron chi connectivity index (χ0n) is 16.5. The Balaban J connectivity index is 1.71. The molecule has 0 N–H and O–H groups in total. The molecule has 0 spiro atoms. The molecule has 0 radical (unpaired) electrons. The van der Waals surface area contributed by atoms with Crippen molar-refractivity contribution in [2.45, 2.75) is 26.2 Å². The molecule has 4 aromatic rings. The van der Waals surface area contributed by atoms with Crippen LogP contribution in [-0.2, 0) is 6.42 Å². The van der Waals surface area contributed by atoms with Gasteiger partial charge in [0, 0.05) is 10.9 Å². The lowest BCUT2D eigenvalue weighted by molar-refractivity contribution is 0.584. The van der Waals surface area contributed by atoms with Gasteiger partial charge in [0.05, 0.1) is 0 Å². The number of unbranched alkanes of at least 4 members (excludes halogenated alkanes) is 1. The SMILES string of the molecule is CCCCc1ccc(-c2ccc3c(F)c(-c4cc(F)c(Cl)c(F)c4)ccc3c2)cc1. The van der Waals surface area contributed by atoms with E-state index in [2.05, 4.69) is 31.2 Å². The maximum Gasteiger partial charge on any atom is 0.145 e. The van der Waals surface area contributed by atoms with Gasteiger partial charge in [-0.3, -0.25) is 0 Å². The van der Waals surface area contributed by atoms with E-state index in [1.807, 2.05) is 12.1 Å². The quantitative estimate of drug-likeness (QED) is 0.281. The lowest BCUT2D eigenvalue weighted by atomic mass is 9.96. The highest BCUT2D eigenvalue weighted by atomic mass is 35.5. The first-order chi connectivity index (χ1) is 14.5. The van der Waals surface area contributed by atoms with Crippen LogP contribution in [0.1, 0.15) is 25.3 Å². The Morgan fingerprint density at radius 2 is 1.40 bits per heavy atom. The highest BCUT2D eigenvalue weighted by Crippen LogP contribution is 2.34. The lowest BCUT2D eigenvalue weighted by Gasteiger charge is -2.10. The summed E-state index contributed by atoms with van der Waals surface area (Å²) >= 11 is 5.54. The normalized spacial score (nSPS) is 11.2. The van der Waals surface area contributed by atoms with Gasteiger partial charge in [0.25, 0.3) is 0 Å². The van der Waals surface area contributed by atoms with Crippen LogP contribution in [0.2, 0.25) is 5.02 Å². The number of aryl methyl sites for hydroxylation is 1. The minimum atomic E-state index is -0.913. The smallest absolute Gasteiger partial charge is 0.145 e. The van der Waals surface area contributed by atoms with Crippen molar-refractivity contribution in [1.29, 1.82) is 0 Å². The number of fused-ring (bicyclic) bond motifs is 1. The monoisotopic (exact) mass is 424 g/mol. The fourth-order valence-corrected chi connectivity index (χ4v) is 3.76. The molecule has 0 aliphatic carbocycles. The summed E-state index contributed by atoms with van der Waals surface area (Å²) in [7, 11) is 0. The third-order valence-electron chi connectivity index (χ3n) is 5.36. The van der Waals surface area contributed by atoms with Crippen LogP contribution in [0.25, 0.3) is 33.0 Å². The molecule has 30 heavy (non-hydrogen) atoms. The van der Waals surface area contributed by atoms with Gasteiger partial charge in [-0.05, 0) is 58.7 Å². The predicted molar refractivity (Wildman–Crippen MR) is 118 cm³/mol. The second-order valence-corrected chi connectivity index (χ2v) is 7.80. The van der Waals surface area contributed by atoms with Gasteiger partial charge in [0.1, 0.15) is 22.5 Å². The van der Waals surface area contributed by atoms with Gasteiger partial charge >= 0.3 is 0 Å². The van der Waals surface area contributed by atoms with Crippen LogP contribution in [-0.4, -0.2) is 0 Å². The van der Waals surface area contributed by atoms with Crippen molar-refractivity contribution < 1.29 is 13.2 Å². The topological polar surface area (TPSA) is 0 Å². The molecule has 0 saturated carbocycles. The summed E-state index contributed by atoms with van der Waals surface area (Å²) in [4.78, 5) is 0. The molecule has 0 saturated heterocycles. The number of hydrogen-bond acceptors (Lipinski definition) is 0. The minimum absolute atomic E-state index is 0.112. The minimum Gasteiger partial charge on any atom is -0.206 e. The molecule has 0 atom stereocenters. The summed E-state index contributed by atoms with van der Waals surface area (Å²) in [6.07, 6.45) is 3.39. The summed E-state index contributed by atoms with van der Waals surface area (Å²) in [6.45, 7) is 2.17. The molecular formula is C26H20ClF3. The first-order valence-corrected chi connectivity index (χ1v) is 10.3. The molecule has 4 rings (SSSR count). The fourth-order valence-electron chi connectivity index (χ4n) is 3.65. The Morgan fingerprint density at radius 3 is 2.07 bits per heavy atom. The van der Waals surface area contributed by atoms with Crippen molar-refractivity contribution in [3.05, 3.63) is 94.8 Å². The first-order valence-electron chi connectivity index (χ1n) is 9.94. The van der Waals surface area contributed by atoms with E-state index < -0.39 is 22.5 Å². The summed E-state index contributed by atoms with van der Waals surface area (Å²) in [5.74, 6) is -2.34. The van der Waals surface area contributed by atoms with E-state index in [4.69, 9.17) is 11.6 Å². The van der Waals surface area contributed by atoms with E-state index in [1.54, 1.807) is 12.1 Å². The number of hydrogen-bond donors (Lipinski definition) is 0. The Hall–Kier alpha value is -2.78. The van der Waals surface area contributed by atoms with Crippen molar-refractivity contribution in [1.82, 2.24) is 0 Å².